The van der Waals surface area contributed by atoms with Gasteiger partial charge in [-0.1, -0.05) is 24.3 Å². The molecule has 15 heavy (non-hydrogen) atoms. The molecule has 0 aromatic heterocycles. The number of benzene rings is 1. The SMILES string of the molecule is NCc1cccc(C2NC(=O)CC2O)c1. The van der Waals surface area contributed by atoms with Crippen molar-refractivity contribution in [2.45, 2.75) is 25.1 Å². The summed E-state index contributed by atoms with van der Waals surface area (Å²) >= 11 is 0. The van der Waals surface area contributed by atoms with Crippen LogP contribution in [-0.2, 0) is 11.3 Å². The number of hydrogen-bond donors (Lipinski definition) is 3. The van der Waals surface area contributed by atoms with Crippen LogP contribution in [0, 0.1) is 0 Å². The molecule has 0 aliphatic carbocycles. The van der Waals surface area contributed by atoms with Crippen LogP contribution in [0.3, 0.4) is 0 Å². The van der Waals surface area contributed by atoms with Crippen molar-refractivity contribution in [2.75, 3.05) is 0 Å². The second kappa shape index (κ2) is 4.00. The summed E-state index contributed by atoms with van der Waals surface area (Å²) in [6.45, 7) is 0.463. The van der Waals surface area contributed by atoms with E-state index in [0.29, 0.717) is 6.54 Å². The van der Waals surface area contributed by atoms with Crippen molar-refractivity contribution >= 4 is 5.91 Å². The number of nitrogens with one attached hydrogen (secondary N) is 1. The summed E-state index contributed by atoms with van der Waals surface area (Å²) in [5.74, 6) is -0.106. The van der Waals surface area contributed by atoms with Crippen molar-refractivity contribution in [1.82, 2.24) is 5.32 Å². The molecule has 0 bridgehead atoms. The highest BCUT2D eigenvalue weighted by Gasteiger charge is 2.31. The number of aliphatic hydroxyl groups is 1. The van der Waals surface area contributed by atoms with Gasteiger partial charge in [-0.15, -0.1) is 0 Å². The average Bonchev–Trinajstić information content (AvgIpc) is 2.58. The zero-order valence-corrected chi connectivity index (χ0v) is 8.31. The minimum absolute atomic E-state index is 0.106. The van der Waals surface area contributed by atoms with E-state index in [-0.39, 0.29) is 18.4 Å². The minimum Gasteiger partial charge on any atom is -0.390 e. The van der Waals surface area contributed by atoms with E-state index in [9.17, 15) is 9.90 Å². The lowest BCUT2D eigenvalue weighted by Gasteiger charge is -2.15. The van der Waals surface area contributed by atoms with Crippen LogP contribution in [0.4, 0.5) is 0 Å². The first-order chi connectivity index (χ1) is 7.20. The minimum atomic E-state index is -0.634. The number of hydrogen-bond acceptors (Lipinski definition) is 3. The normalized spacial score (nSPS) is 25.3. The fraction of sp³-hybridized carbons (Fsp3) is 0.364. The van der Waals surface area contributed by atoms with E-state index in [1.807, 2.05) is 24.3 Å². The second-order valence-electron chi connectivity index (χ2n) is 3.77. The molecule has 4 nitrogen and oxygen atoms in total. The first kappa shape index (κ1) is 10.1. The molecule has 1 amide bonds. The maximum absolute atomic E-state index is 11.1. The Balaban J connectivity index is 2.25. The standard InChI is InChI=1S/C11H14N2O2/c12-6-7-2-1-3-8(4-7)11-9(14)5-10(15)13-11/h1-4,9,11,14H,5-6,12H2,(H,13,15). The van der Waals surface area contributed by atoms with Crippen LogP contribution in [0.5, 0.6) is 0 Å². The lowest BCUT2D eigenvalue weighted by Crippen LogP contribution is -2.22. The van der Waals surface area contributed by atoms with E-state index in [4.69, 9.17) is 5.73 Å². The summed E-state index contributed by atoms with van der Waals surface area (Å²) < 4.78 is 0. The van der Waals surface area contributed by atoms with E-state index in [2.05, 4.69) is 5.32 Å². The maximum atomic E-state index is 11.1. The number of carbonyl (C=O) groups excluding carboxylic acids is 1. The molecular formula is C11H14N2O2. The molecule has 80 valence electrons. The number of aliphatic hydroxyl groups excluding tert-OH is 1. The summed E-state index contributed by atoms with van der Waals surface area (Å²) in [5, 5.41) is 12.4. The average molecular weight is 206 g/mol. The van der Waals surface area contributed by atoms with E-state index in [1.165, 1.54) is 0 Å². The number of carbonyl (C=O) groups is 1. The van der Waals surface area contributed by atoms with Crippen LogP contribution in [-0.4, -0.2) is 17.1 Å². The van der Waals surface area contributed by atoms with Crippen LogP contribution in [0.25, 0.3) is 0 Å². The van der Waals surface area contributed by atoms with Gasteiger partial charge in [-0.05, 0) is 11.1 Å². The van der Waals surface area contributed by atoms with Gasteiger partial charge in [0, 0.05) is 6.54 Å². The largest absolute Gasteiger partial charge is 0.390 e. The van der Waals surface area contributed by atoms with Gasteiger partial charge in [0.25, 0.3) is 0 Å². The predicted molar refractivity (Wildman–Crippen MR) is 55.8 cm³/mol. The monoisotopic (exact) mass is 206 g/mol. The zero-order valence-electron chi connectivity index (χ0n) is 8.31. The van der Waals surface area contributed by atoms with E-state index in [0.717, 1.165) is 11.1 Å². The molecule has 2 atom stereocenters. The van der Waals surface area contributed by atoms with Gasteiger partial charge in [0.05, 0.1) is 18.6 Å². The summed E-state index contributed by atoms with van der Waals surface area (Å²) in [6.07, 6.45) is -0.456. The third-order valence-electron chi connectivity index (χ3n) is 2.64. The van der Waals surface area contributed by atoms with Crippen LogP contribution >= 0.6 is 0 Å². The Hall–Kier alpha value is -1.39. The fourth-order valence-corrected chi connectivity index (χ4v) is 1.86. The van der Waals surface area contributed by atoms with E-state index in [1.54, 1.807) is 0 Å². The van der Waals surface area contributed by atoms with Crippen molar-refractivity contribution < 1.29 is 9.90 Å². The molecule has 1 aliphatic heterocycles. The van der Waals surface area contributed by atoms with Crippen molar-refractivity contribution in [3.63, 3.8) is 0 Å². The zero-order chi connectivity index (χ0) is 10.8. The smallest absolute Gasteiger partial charge is 0.223 e. The summed E-state index contributed by atoms with van der Waals surface area (Å²) in [6, 6.07) is 7.32. The van der Waals surface area contributed by atoms with Gasteiger partial charge in [-0.2, -0.15) is 0 Å². The van der Waals surface area contributed by atoms with Crippen molar-refractivity contribution in [1.29, 1.82) is 0 Å². The predicted octanol–water partition coefficient (Wildman–Crippen LogP) is 0.0672. The van der Waals surface area contributed by atoms with Crippen molar-refractivity contribution in [3.8, 4) is 0 Å². The summed E-state index contributed by atoms with van der Waals surface area (Å²) in [5.41, 5.74) is 7.44. The number of rotatable bonds is 2. The Labute approximate surface area is 88.1 Å². The second-order valence-corrected chi connectivity index (χ2v) is 3.77. The Morgan fingerprint density at radius 1 is 1.53 bits per heavy atom. The Kier molecular flexibility index (Phi) is 2.70. The van der Waals surface area contributed by atoms with Crippen LogP contribution < -0.4 is 11.1 Å². The molecule has 2 rings (SSSR count). The Morgan fingerprint density at radius 3 is 2.93 bits per heavy atom. The highest BCUT2D eigenvalue weighted by atomic mass is 16.3. The highest BCUT2D eigenvalue weighted by molar-refractivity contribution is 5.79. The lowest BCUT2D eigenvalue weighted by atomic mass is 10.0. The van der Waals surface area contributed by atoms with Gasteiger partial charge in [-0.25, -0.2) is 0 Å². The highest BCUT2D eigenvalue weighted by Crippen LogP contribution is 2.24. The molecule has 1 heterocycles. The molecule has 1 aliphatic rings. The van der Waals surface area contributed by atoms with Crippen molar-refractivity contribution in [3.05, 3.63) is 35.4 Å². The van der Waals surface area contributed by atoms with Crippen LogP contribution in [0.2, 0.25) is 0 Å². The molecule has 1 aromatic carbocycles. The van der Waals surface area contributed by atoms with E-state index < -0.39 is 6.10 Å². The molecule has 1 saturated heterocycles. The first-order valence-corrected chi connectivity index (χ1v) is 4.97. The number of amides is 1. The molecule has 0 spiro atoms. The van der Waals surface area contributed by atoms with Gasteiger partial charge in [-0.3, -0.25) is 4.79 Å². The number of nitrogens with two attached hydrogens (primary N) is 1. The van der Waals surface area contributed by atoms with Gasteiger partial charge in [0.15, 0.2) is 0 Å². The Bertz CT molecular complexity index is 379. The summed E-state index contributed by atoms with van der Waals surface area (Å²) in [7, 11) is 0. The first-order valence-electron chi connectivity index (χ1n) is 4.97. The van der Waals surface area contributed by atoms with Crippen molar-refractivity contribution in [2.24, 2.45) is 5.73 Å². The third-order valence-corrected chi connectivity index (χ3v) is 2.64. The molecule has 0 radical (unpaired) electrons. The van der Waals surface area contributed by atoms with Gasteiger partial charge in [0.2, 0.25) is 5.91 Å². The van der Waals surface area contributed by atoms with Crippen LogP contribution in [0.15, 0.2) is 24.3 Å². The maximum Gasteiger partial charge on any atom is 0.223 e. The third kappa shape index (κ3) is 2.00. The molecule has 0 saturated carbocycles. The van der Waals surface area contributed by atoms with Gasteiger partial charge in [0.1, 0.15) is 0 Å². The molecular weight excluding hydrogens is 192 g/mol. The molecule has 2 unspecified atom stereocenters. The topological polar surface area (TPSA) is 75.3 Å². The fourth-order valence-electron chi connectivity index (χ4n) is 1.86. The Morgan fingerprint density at radius 2 is 2.33 bits per heavy atom. The molecule has 1 aromatic rings. The van der Waals surface area contributed by atoms with Crippen LogP contribution in [0.1, 0.15) is 23.6 Å². The quantitative estimate of drug-likeness (QED) is 0.641. The van der Waals surface area contributed by atoms with Gasteiger partial charge >= 0.3 is 0 Å². The molecule has 1 fully saturated rings. The van der Waals surface area contributed by atoms with E-state index >= 15 is 0 Å². The molecule has 4 heteroatoms. The lowest BCUT2D eigenvalue weighted by molar-refractivity contribution is -0.119. The molecule has 4 N–H and O–H groups in total. The summed E-state index contributed by atoms with van der Waals surface area (Å²) in [4.78, 5) is 11.1. The van der Waals surface area contributed by atoms with Gasteiger partial charge < -0.3 is 16.2 Å².